The molecule has 0 aliphatic carbocycles. The minimum Gasteiger partial charge on any atom is -0.496 e. The van der Waals surface area contributed by atoms with Gasteiger partial charge in [-0.3, -0.25) is 9.59 Å². The molecule has 0 unspecified atom stereocenters. The fourth-order valence-corrected chi connectivity index (χ4v) is 3.51. The van der Waals surface area contributed by atoms with Gasteiger partial charge in [0.25, 0.3) is 5.91 Å². The monoisotopic (exact) mass is 485 g/mol. The van der Waals surface area contributed by atoms with Gasteiger partial charge in [0.15, 0.2) is 0 Å². The topological polar surface area (TPSA) is 70.7 Å². The molecule has 1 aromatic carbocycles. The van der Waals surface area contributed by atoms with Crippen molar-refractivity contribution in [2.45, 2.75) is 46.5 Å². The summed E-state index contributed by atoms with van der Waals surface area (Å²) >= 11 is 2.10. The number of carbonyl (C=O) groups excluding carboxylic acids is 2. The van der Waals surface area contributed by atoms with E-state index in [4.69, 9.17) is 4.74 Å². The smallest absolute Gasteiger partial charge is 0.255 e. The molecule has 0 spiro atoms. The van der Waals surface area contributed by atoms with Crippen LogP contribution in [0, 0.1) is 3.57 Å². The molecule has 0 bridgehead atoms. The predicted molar refractivity (Wildman–Crippen MR) is 119 cm³/mol. The number of anilines is 1. The lowest BCUT2D eigenvalue weighted by Crippen LogP contribution is -2.28. The average molecular weight is 485 g/mol. The van der Waals surface area contributed by atoms with E-state index in [1.54, 1.807) is 12.1 Å². The second kappa shape index (κ2) is 12.9. The molecule has 1 aromatic rings. The number of halogens is 1. The van der Waals surface area contributed by atoms with Crippen molar-refractivity contribution in [3.63, 3.8) is 0 Å². The van der Waals surface area contributed by atoms with Crippen molar-refractivity contribution in [2.75, 3.05) is 38.6 Å². The first-order valence-corrected chi connectivity index (χ1v) is 10.7. The van der Waals surface area contributed by atoms with Gasteiger partial charge in [-0.15, -0.1) is 0 Å². The molecule has 0 saturated heterocycles. The standard InChI is InChI=1S/C20H32IN3O3/c1-5-10-24(11-6-2)12-8-7-9-22-20(26)16-13-17(21)18(23-15(3)25)14-19(16)27-4/h13-14H,5-12H2,1-4H3,(H,22,26)(H,23,25)/i21-4. The molecule has 0 aliphatic heterocycles. The number of amides is 2. The number of nitrogens with one attached hydrogen (secondary N) is 2. The number of hydrogen-bond donors (Lipinski definition) is 2. The quantitative estimate of drug-likeness (QED) is 0.348. The number of carbonyl (C=O) groups is 2. The fraction of sp³-hybridized carbons (Fsp3) is 0.600. The summed E-state index contributed by atoms with van der Waals surface area (Å²) < 4.78 is 6.13. The Kier molecular flexibility index (Phi) is 11.3. The van der Waals surface area contributed by atoms with Gasteiger partial charge in [0, 0.05) is 23.1 Å². The number of benzene rings is 1. The third kappa shape index (κ3) is 8.47. The lowest BCUT2D eigenvalue weighted by atomic mass is 10.1. The average Bonchev–Trinajstić information content (AvgIpc) is 2.62. The van der Waals surface area contributed by atoms with Crippen LogP contribution in [0.3, 0.4) is 0 Å². The van der Waals surface area contributed by atoms with Crippen molar-refractivity contribution < 1.29 is 14.3 Å². The molecule has 0 atom stereocenters. The van der Waals surface area contributed by atoms with E-state index in [0.717, 1.165) is 36.0 Å². The number of hydrogen-bond acceptors (Lipinski definition) is 4. The SMILES string of the molecule is CCCN(CCC)CCCCNC(=O)c1cc([123I])c(NC(C)=O)cc1OC. The van der Waals surface area contributed by atoms with Crippen molar-refractivity contribution in [1.82, 2.24) is 10.2 Å². The Morgan fingerprint density at radius 2 is 1.78 bits per heavy atom. The summed E-state index contributed by atoms with van der Waals surface area (Å²) in [5.74, 6) is 0.138. The fourth-order valence-electron chi connectivity index (χ4n) is 2.91. The Bertz CT molecular complexity index is 617. The zero-order valence-electron chi connectivity index (χ0n) is 16.9. The largest absolute Gasteiger partial charge is 0.496 e. The lowest BCUT2D eigenvalue weighted by Gasteiger charge is -2.20. The molecule has 27 heavy (non-hydrogen) atoms. The van der Waals surface area contributed by atoms with Gasteiger partial charge in [0.2, 0.25) is 5.91 Å². The van der Waals surface area contributed by atoms with Crippen molar-refractivity contribution in [2.24, 2.45) is 0 Å². The predicted octanol–water partition coefficient (Wildman–Crippen LogP) is 3.89. The van der Waals surface area contributed by atoms with E-state index in [1.807, 2.05) is 0 Å². The first-order chi connectivity index (χ1) is 12.9. The zero-order chi connectivity index (χ0) is 20.2. The van der Waals surface area contributed by atoms with Gasteiger partial charge in [0.05, 0.1) is 18.4 Å². The van der Waals surface area contributed by atoms with E-state index in [0.29, 0.717) is 23.5 Å². The molecule has 0 aliphatic rings. The van der Waals surface area contributed by atoms with Crippen LogP contribution in [0.15, 0.2) is 12.1 Å². The normalized spacial score (nSPS) is 10.7. The van der Waals surface area contributed by atoms with E-state index in [2.05, 4.69) is 52.0 Å². The molecule has 6 nitrogen and oxygen atoms in total. The summed E-state index contributed by atoms with van der Waals surface area (Å²) in [5.41, 5.74) is 1.12. The molecule has 152 valence electrons. The van der Waals surface area contributed by atoms with Crippen LogP contribution in [0.5, 0.6) is 5.75 Å². The molecule has 2 N–H and O–H groups in total. The highest BCUT2D eigenvalue weighted by molar-refractivity contribution is 14.1. The van der Waals surface area contributed by atoms with E-state index >= 15 is 0 Å². The molecular weight excluding hydrogens is 453 g/mol. The highest BCUT2D eigenvalue weighted by Gasteiger charge is 2.16. The van der Waals surface area contributed by atoms with Gasteiger partial charge in [-0.25, -0.2) is 0 Å². The van der Waals surface area contributed by atoms with Gasteiger partial charge in [-0.1, -0.05) is 13.8 Å². The summed E-state index contributed by atoms with van der Waals surface area (Å²) in [7, 11) is 1.52. The molecular formula is C20H32IN3O3. The molecule has 0 saturated carbocycles. The molecule has 0 radical (unpaired) electrons. The number of nitrogens with zero attached hydrogens (tertiary/aromatic N) is 1. The van der Waals surface area contributed by atoms with Crippen LogP contribution < -0.4 is 15.4 Å². The van der Waals surface area contributed by atoms with Gasteiger partial charge in [-0.2, -0.15) is 0 Å². The van der Waals surface area contributed by atoms with Crippen LogP contribution in [-0.2, 0) is 4.79 Å². The molecule has 2 amide bonds. The molecule has 7 heteroatoms. The van der Waals surface area contributed by atoms with E-state index in [-0.39, 0.29) is 11.8 Å². The second-order valence-electron chi connectivity index (χ2n) is 6.52. The summed E-state index contributed by atoms with van der Waals surface area (Å²) in [6.07, 6.45) is 4.35. The third-order valence-electron chi connectivity index (χ3n) is 4.11. The highest BCUT2D eigenvalue weighted by atomic mass is 123. The van der Waals surface area contributed by atoms with Gasteiger partial charge < -0.3 is 20.3 Å². The van der Waals surface area contributed by atoms with E-state index < -0.39 is 0 Å². The minimum atomic E-state index is -0.160. The van der Waals surface area contributed by atoms with Crippen molar-refractivity contribution in [3.05, 3.63) is 21.3 Å². The highest BCUT2D eigenvalue weighted by Crippen LogP contribution is 2.28. The maximum absolute atomic E-state index is 12.5. The van der Waals surface area contributed by atoms with E-state index in [1.165, 1.54) is 26.9 Å². The van der Waals surface area contributed by atoms with Crippen LogP contribution in [0.25, 0.3) is 0 Å². The first-order valence-electron chi connectivity index (χ1n) is 9.58. The first kappa shape index (κ1) is 23.7. The molecule has 1 rings (SSSR count). The minimum absolute atomic E-state index is 0.155. The van der Waals surface area contributed by atoms with Crippen molar-refractivity contribution >= 4 is 40.1 Å². The lowest BCUT2D eigenvalue weighted by molar-refractivity contribution is -0.114. The van der Waals surface area contributed by atoms with Gasteiger partial charge in [0.1, 0.15) is 5.75 Å². The maximum atomic E-state index is 12.5. The van der Waals surface area contributed by atoms with Crippen LogP contribution >= 0.6 is 22.6 Å². The maximum Gasteiger partial charge on any atom is 0.255 e. The molecule has 0 heterocycles. The third-order valence-corrected chi connectivity index (χ3v) is 5.00. The summed E-state index contributed by atoms with van der Waals surface area (Å²) in [4.78, 5) is 26.3. The molecule has 0 fully saturated rings. The Hall–Kier alpha value is -1.35. The van der Waals surface area contributed by atoms with E-state index in [9.17, 15) is 9.59 Å². The summed E-state index contributed by atoms with van der Waals surface area (Å²) in [6.45, 7) is 9.84. The summed E-state index contributed by atoms with van der Waals surface area (Å²) in [6, 6.07) is 3.43. The van der Waals surface area contributed by atoms with Crippen LogP contribution in [0.1, 0.15) is 56.8 Å². The van der Waals surface area contributed by atoms with Crippen LogP contribution in [0.4, 0.5) is 5.69 Å². The number of rotatable bonds is 12. The van der Waals surface area contributed by atoms with Crippen molar-refractivity contribution in [1.29, 1.82) is 0 Å². The Morgan fingerprint density at radius 1 is 1.11 bits per heavy atom. The Morgan fingerprint density at radius 3 is 2.33 bits per heavy atom. The van der Waals surface area contributed by atoms with Crippen LogP contribution in [0.2, 0.25) is 0 Å². The van der Waals surface area contributed by atoms with Gasteiger partial charge in [-0.05, 0) is 74.0 Å². The van der Waals surface area contributed by atoms with Crippen molar-refractivity contribution in [3.8, 4) is 5.75 Å². The Labute approximate surface area is 176 Å². The number of methoxy groups -OCH3 is 1. The number of unbranched alkanes of at least 4 members (excludes halogenated alkanes) is 1. The molecule has 0 aromatic heterocycles. The zero-order valence-corrected chi connectivity index (χ0v) is 19.0. The van der Waals surface area contributed by atoms with Crippen LogP contribution in [-0.4, -0.2) is 50.0 Å². The number of ether oxygens (including phenoxy) is 1. The Balaban J connectivity index is 2.57. The van der Waals surface area contributed by atoms with Gasteiger partial charge >= 0.3 is 0 Å². The summed E-state index contributed by atoms with van der Waals surface area (Å²) in [5, 5.41) is 5.71. The second-order valence-corrected chi connectivity index (χ2v) is 7.68.